The van der Waals surface area contributed by atoms with E-state index in [1.807, 2.05) is 6.92 Å². The van der Waals surface area contributed by atoms with Gasteiger partial charge in [-0.25, -0.2) is 4.98 Å². The molecule has 1 atom stereocenters. The number of hydrogen-bond donors (Lipinski definition) is 2. The Balaban J connectivity index is 0.00000225. The van der Waals surface area contributed by atoms with Crippen molar-refractivity contribution >= 4 is 29.7 Å². The first-order valence-corrected chi connectivity index (χ1v) is 5.49. The zero-order chi connectivity index (χ0) is 11.3. The lowest BCUT2D eigenvalue weighted by Gasteiger charge is -2.09. The SMILES string of the molecule is COCc1nc(C(=O)N[C@H](C)CN)cs1.Cl. The van der Waals surface area contributed by atoms with E-state index >= 15 is 0 Å². The highest BCUT2D eigenvalue weighted by Crippen LogP contribution is 2.10. The highest BCUT2D eigenvalue weighted by atomic mass is 35.5. The molecule has 5 nitrogen and oxygen atoms in total. The first-order valence-electron chi connectivity index (χ1n) is 4.61. The fraction of sp³-hybridized carbons (Fsp3) is 0.556. The van der Waals surface area contributed by atoms with Crippen LogP contribution in [0.25, 0.3) is 0 Å². The maximum absolute atomic E-state index is 11.6. The normalized spacial score (nSPS) is 11.7. The molecule has 16 heavy (non-hydrogen) atoms. The molecule has 1 heterocycles. The van der Waals surface area contributed by atoms with Crippen molar-refractivity contribution in [2.75, 3.05) is 13.7 Å². The standard InChI is InChI=1S/C9H15N3O2S.ClH/c1-6(3-10)11-9(13)7-5-15-8(12-7)4-14-2;/h5-6H,3-4,10H2,1-2H3,(H,11,13);1H/t6-;/m1./s1. The summed E-state index contributed by atoms with van der Waals surface area (Å²) in [6.45, 7) is 2.70. The number of halogens is 1. The minimum atomic E-state index is -0.188. The van der Waals surface area contributed by atoms with Crippen LogP contribution in [-0.4, -0.2) is 30.6 Å². The van der Waals surface area contributed by atoms with Crippen molar-refractivity contribution < 1.29 is 9.53 Å². The lowest BCUT2D eigenvalue weighted by molar-refractivity contribution is 0.0936. The molecule has 1 rings (SSSR count). The number of aromatic nitrogens is 1. The summed E-state index contributed by atoms with van der Waals surface area (Å²) in [7, 11) is 1.59. The van der Waals surface area contributed by atoms with Crippen LogP contribution >= 0.6 is 23.7 Å². The Hall–Kier alpha value is -0.690. The minimum Gasteiger partial charge on any atom is -0.378 e. The molecule has 0 aliphatic heterocycles. The molecule has 0 saturated carbocycles. The summed E-state index contributed by atoms with van der Waals surface area (Å²) in [6, 6.07) is -0.0370. The molecule has 7 heteroatoms. The van der Waals surface area contributed by atoms with Crippen molar-refractivity contribution in [1.82, 2.24) is 10.3 Å². The van der Waals surface area contributed by atoms with Crippen LogP contribution in [0.2, 0.25) is 0 Å². The number of nitrogens with zero attached hydrogens (tertiary/aromatic N) is 1. The number of carbonyl (C=O) groups excluding carboxylic acids is 1. The number of rotatable bonds is 5. The minimum absolute atomic E-state index is 0. The molecule has 1 amide bonds. The number of amides is 1. The lowest BCUT2D eigenvalue weighted by atomic mass is 10.3. The van der Waals surface area contributed by atoms with E-state index in [0.29, 0.717) is 18.8 Å². The summed E-state index contributed by atoms with van der Waals surface area (Å²) in [5, 5.41) is 5.25. The van der Waals surface area contributed by atoms with Gasteiger partial charge in [0.15, 0.2) is 0 Å². The largest absolute Gasteiger partial charge is 0.378 e. The van der Waals surface area contributed by atoms with E-state index in [0.717, 1.165) is 5.01 Å². The van der Waals surface area contributed by atoms with Crippen LogP contribution in [0.15, 0.2) is 5.38 Å². The van der Waals surface area contributed by atoms with Crippen molar-refractivity contribution in [3.05, 3.63) is 16.1 Å². The average molecular weight is 266 g/mol. The van der Waals surface area contributed by atoms with Crippen LogP contribution in [0.5, 0.6) is 0 Å². The maximum Gasteiger partial charge on any atom is 0.271 e. The van der Waals surface area contributed by atoms with Gasteiger partial charge in [-0.3, -0.25) is 4.79 Å². The van der Waals surface area contributed by atoms with Gasteiger partial charge >= 0.3 is 0 Å². The number of nitrogens with two attached hydrogens (primary N) is 1. The molecule has 0 saturated heterocycles. The van der Waals surface area contributed by atoms with Crippen LogP contribution in [0.4, 0.5) is 0 Å². The van der Waals surface area contributed by atoms with Crippen molar-refractivity contribution in [1.29, 1.82) is 0 Å². The molecule has 0 aliphatic rings. The van der Waals surface area contributed by atoms with Crippen LogP contribution < -0.4 is 11.1 Å². The zero-order valence-corrected chi connectivity index (χ0v) is 10.9. The van der Waals surface area contributed by atoms with Gasteiger partial charge in [0, 0.05) is 25.1 Å². The Morgan fingerprint density at radius 1 is 1.75 bits per heavy atom. The maximum atomic E-state index is 11.6. The van der Waals surface area contributed by atoms with Gasteiger partial charge in [-0.15, -0.1) is 23.7 Å². The van der Waals surface area contributed by atoms with Gasteiger partial charge in [0.25, 0.3) is 5.91 Å². The third-order valence-electron chi connectivity index (χ3n) is 1.78. The Bertz CT molecular complexity index is 332. The highest BCUT2D eigenvalue weighted by molar-refractivity contribution is 7.09. The van der Waals surface area contributed by atoms with Crippen LogP contribution in [0.1, 0.15) is 22.4 Å². The molecule has 0 spiro atoms. The summed E-state index contributed by atoms with van der Waals surface area (Å²) in [6.07, 6.45) is 0. The van der Waals surface area contributed by atoms with E-state index in [9.17, 15) is 4.79 Å². The Labute approximate surface area is 105 Å². The molecule has 0 bridgehead atoms. The molecule has 0 fully saturated rings. The third kappa shape index (κ3) is 4.44. The van der Waals surface area contributed by atoms with Crippen molar-refractivity contribution in [2.45, 2.75) is 19.6 Å². The Kier molecular flexibility index (Phi) is 7.24. The van der Waals surface area contributed by atoms with E-state index in [4.69, 9.17) is 10.5 Å². The fourth-order valence-electron chi connectivity index (χ4n) is 0.962. The summed E-state index contributed by atoms with van der Waals surface area (Å²) in [5.41, 5.74) is 5.82. The van der Waals surface area contributed by atoms with Crippen LogP contribution in [0.3, 0.4) is 0 Å². The zero-order valence-electron chi connectivity index (χ0n) is 9.23. The molecule has 92 valence electrons. The lowest BCUT2D eigenvalue weighted by Crippen LogP contribution is -2.37. The monoisotopic (exact) mass is 265 g/mol. The molecule has 0 aromatic carbocycles. The molecule has 0 unspecified atom stereocenters. The van der Waals surface area contributed by atoms with Crippen molar-refractivity contribution in [3.8, 4) is 0 Å². The van der Waals surface area contributed by atoms with Crippen molar-refractivity contribution in [2.24, 2.45) is 5.73 Å². The van der Waals surface area contributed by atoms with Gasteiger partial charge < -0.3 is 15.8 Å². The molecule has 0 aliphatic carbocycles. The topological polar surface area (TPSA) is 77.2 Å². The molecular formula is C9H16ClN3O2S. The van der Waals surface area contributed by atoms with Gasteiger partial charge in [0.1, 0.15) is 10.7 Å². The summed E-state index contributed by atoms with van der Waals surface area (Å²) < 4.78 is 4.92. The van der Waals surface area contributed by atoms with Gasteiger partial charge in [-0.1, -0.05) is 0 Å². The number of thiazole rings is 1. The number of nitrogens with one attached hydrogen (secondary N) is 1. The van der Waals surface area contributed by atoms with Crippen LogP contribution in [0, 0.1) is 0 Å². The number of hydrogen-bond acceptors (Lipinski definition) is 5. The molecule has 1 aromatic rings. The van der Waals surface area contributed by atoms with Gasteiger partial charge in [-0.05, 0) is 6.92 Å². The van der Waals surface area contributed by atoms with Gasteiger partial charge in [-0.2, -0.15) is 0 Å². The summed E-state index contributed by atoms with van der Waals surface area (Å²) in [4.78, 5) is 15.7. The van der Waals surface area contributed by atoms with E-state index < -0.39 is 0 Å². The van der Waals surface area contributed by atoms with E-state index in [2.05, 4.69) is 10.3 Å². The number of carbonyl (C=O) groups is 1. The second kappa shape index (κ2) is 7.56. The molecule has 3 N–H and O–H groups in total. The second-order valence-electron chi connectivity index (χ2n) is 3.17. The summed E-state index contributed by atoms with van der Waals surface area (Å²) >= 11 is 1.41. The first kappa shape index (κ1) is 15.3. The summed E-state index contributed by atoms with van der Waals surface area (Å²) in [5.74, 6) is -0.188. The molecular weight excluding hydrogens is 250 g/mol. The predicted molar refractivity (Wildman–Crippen MR) is 66.1 cm³/mol. The van der Waals surface area contributed by atoms with E-state index in [1.54, 1.807) is 12.5 Å². The first-order chi connectivity index (χ1) is 7.17. The van der Waals surface area contributed by atoms with Crippen LogP contribution in [-0.2, 0) is 11.3 Å². The Morgan fingerprint density at radius 3 is 3.00 bits per heavy atom. The quantitative estimate of drug-likeness (QED) is 0.825. The fourth-order valence-corrected chi connectivity index (χ4v) is 1.71. The van der Waals surface area contributed by atoms with Crippen molar-refractivity contribution in [3.63, 3.8) is 0 Å². The molecule has 1 aromatic heterocycles. The smallest absolute Gasteiger partial charge is 0.271 e. The second-order valence-corrected chi connectivity index (χ2v) is 4.11. The third-order valence-corrected chi connectivity index (χ3v) is 2.61. The highest BCUT2D eigenvalue weighted by Gasteiger charge is 2.12. The number of methoxy groups -OCH3 is 1. The van der Waals surface area contributed by atoms with E-state index in [1.165, 1.54) is 11.3 Å². The Morgan fingerprint density at radius 2 is 2.44 bits per heavy atom. The average Bonchev–Trinajstić information content (AvgIpc) is 2.67. The number of ether oxygens (including phenoxy) is 1. The van der Waals surface area contributed by atoms with E-state index in [-0.39, 0.29) is 24.4 Å². The van der Waals surface area contributed by atoms with Gasteiger partial charge in [0.05, 0.1) is 6.61 Å². The van der Waals surface area contributed by atoms with Gasteiger partial charge in [0.2, 0.25) is 0 Å². The molecule has 0 radical (unpaired) electrons. The predicted octanol–water partition coefficient (Wildman–Crippen LogP) is 0.788.